The summed E-state index contributed by atoms with van der Waals surface area (Å²) in [6, 6.07) is 3.34. The molecule has 0 aromatic carbocycles. The van der Waals surface area contributed by atoms with Gasteiger partial charge in [0.05, 0.1) is 18.4 Å². The SMILES string of the molecule is COC(=O)/C=C(/C(N)=O)c1ccc[nH]1. The van der Waals surface area contributed by atoms with Gasteiger partial charge in [0.15, 0.2) is 0 Å². The molecule has 0 fully saturated rings. The predicted molar refractivity (Wildman–Crippen MR) is 50.0 cm³/mol. The molecule has 0 saturated carbocycles. The molecule has 0 spiro atoms. The van der Waals surface area contributed by atoms with Crippen molar-refractivity contribution in [2.24, 2.45) is 5.73 Å². The van der Waals surface area contributed by atoms with Crippen LogP contribution in [0.3, 0.4) is 0 Å². The predicted octanol–water partition coefficient (Wildman–Crippen LogP) is 0.0564. The van der Waals surface area contributed by atoms with Gasteiger partial charge in [-0.05, 0) is 12.1 Å². The number of esters is 1. The van der Waals surface area contributed by atoms with E-state index in [2.05, 4.69) is 9.72 Å². The summed E-state index contributed by atoms with van der Waals surface area (Å²) in [4.78, 5) is 24.6. The molecule has 0 radical (unpaired) electrons. The summed E-state index contributed by atoms with van der Waals surface area (Å²) >= 11 is 0. The van der Waals surface area contributed by atoms with Crippen molar-refractivity contribution in [3.63, 3.8) is 0 Å². The first-order chi connectivity index (χ1) is 6.65. The van der Waals surface area contributed by atoms with E-state index in [9.17, 15) is 9.59 Å². The molecule has 74 valence electrons. The Labute approximate surface area is 80.6 Å². The van der Waals surface area contributed by atoms with Crippen molar-refractivity contribution < 1.29 is 14.3 Å². The van der Waals surface area contributed by atoms with E-state index in [0.717, 1.165) is 6.08 Å². The number of hydrogen-bond donors (Lipinski definition) is 2. The molecule has 3 N–H and O–H groups in total. The molecule has 0 atom stereocenters. The molecule has 1 aromatic heterocycles. The van der Waals surface area contributed by atoms with Gasteiger partial charge in [0, 0.05) is 12.3 Å². The van der Waals surface area contributed by atoms with Crippen LogP contribution < -0.4 is 5.73 Å². The molecule has 0 saturated heterocycles. The topological polar surface area (TPSA) is 85.2 Å². The second-order valence-electron chi connectivity index (χ2n) is 2.53. The Hall–Kier alpha value is -2.04. The first kappa shape index (κ1) is 10.0. The van der Waals surface area contributed by atoms with E-state index in [1.54, 1.807) is 18.3 Å². The van der Waals surface area contributed by atoms with Crippen LogP contribution in [0.25, 0.3) is 5.57 Å². The number of carbonyl (C=O) groups excluding carboxylic acids is 2. The average Bonchev–Trinajstić information content (AvgIpc) is 2.65. The van der Waals surface area contributed by atoms with Crippen LogP contribution in [0, 0.1) is 0 Å². The highest BCUT2D eigenvalue weighted by Gasteiger charge is 2.11. The number of nitrogens with two attached hydrogens (primary N) is 1. The monoisotopic (exact) mass is 194 g/mol. The minimum absolute atomic E-state index is 0.0989. The third kappa shape index (κ3) is 2.22. The Morgan fingerprint density at radius 1 is 1.57 bits per heavy atom. The van der Waals surface area contributed by atoms with Crippen molar-refractivity contribution in [3.8, 4) is 0 Å². The van der Waals surface area contributed by atoms with Gasteiger partial charge in [-0.1, -0.05) is 0 Å². The van der Waals surface area contributed by atoms with E-state index in [4.69, 9.17) is 5.73 Å². The Bertz CT molecular complexity index is 365. The number of hydrogen-bond acceptors (Lipinski definition) is 3. The summed E-state index contributed by atoms with van der Waals surface area (Å²) in [5, 5.41) is 0. The van der Waals surface area contributed by atoms with E-state index in [1.165, 1.54) is 7.11 Å². The van der Waals surface area contributed by atoms with Gasteiger partial charge < -0.3 is 15.5 Å². The molecule has 0 aliphatic heterocycles. The highest BCUT2D eigenvalue weighted by atomic mass is 16.5. The largest absolute Gasteiger partial charge is 0.466 e. The minimum atomic E-state index is -0.683. The van der Waals surface area contributed by atoms with E-state index in [-0.39, 0.29) is 5.57 Å². The van der Waals surface area contributed by atoms with Crippen LogP contribution >= 0.6 is 0 Å². The molecule has 5 heteroatoms. The highest BCUT2D eigenvalue weighted by molar-refractivity contribution is 6.21. The van der Waals surface area contributed by atoms with Crippen LogP contribution in [0.5, 0.6) is 0 Å². The van der Waals surface area contributed by atoms with Gasteiger partial charge in [-0.15, -0.1) is 0 Å². The number of rotatable bonds is 3. The Kier molecular flexibility index (Phi) is 3.06. The minimum Gasteiger partial charge on any atom is -0.466 e. The smallest absolute Gasteiger partial charge is 0.331 e. The van der Waals surface area contributed by atoms with Crippen molar-refractivity contribution >= 4 is 17.4 Å². The molecule has 1 rings (SSSR count). The normalized spacial score (nSPS) is 11.1. The summed E-state index contributed by atoms with van der Waals surface area (Å²) in [6.45, 7) is 0. The fourth-order valence-electron chi connectivity index (χ4n) is 0.956. The fraction of sp³-hybridized carbons (Fsp3) is 0.111. The van der Waals surface area contributed by atoms with Crippen molar-refractivity contribution in [2.75, 3.05) is 7.11 Å². The van der Waals surface area contributed by atoms with Crippen molar-refractivity contribution in [2.45, 2.75) is 0 Å². The highest BCUT2D eigenvalue weighted by Crippen LogP contribution is 2.10. The standard InChI is InChI=1S/C9H10N2O3/c1-14-8(12)5-6(9(10)13)7-3-2-4-11-7/h2-5,11H,1H3,(H2,10,13)/b6-5+. The molecular formula is C9H10N2O3. The van der Waals surface area contributed by atoms with Crippen molar-refractivity contribution in [1.82, 2.24) is 4.98 Å². The van der Waals surface area contributed by atoms with Gasteiger partial charge >= 0.3 is 5.97 Å². The van der Waals surface area contributed by atoms with Crippen LogP contribution in [0.4, 0.5) is 0 Å². The van der Waals surface area contributed by atoms with Crippen LogP contribution in [-0.2, 0) is 14.3 Å². The van der Waals surface area contributed by atoms with Gasteiger partial charge in [0.1, 0.15) is 0 Å². The van der Waals surface area contributed by atoms with Crippen LogP contribution in [0.2, 0.25) is 0 Å². The summed E-state index contributed by atoms with van der Waals surface area (Å²) in [5.74, 6) is -1.30. The molecule has 1 amide bonds. The van der Waals surface area contributed by atoms with Gasteiger partial charge in [-0.3, -0.25) is 4.79 Å². The fourth-order valence-corrected chi connectivity index (χ4v) is 0.956. The van der Waals surface area contributed by atoms with Gasteiger partial charge in [-0.2, -0.15) is 0 Å². The number of carbonyl (C=O) groups is 2. The van der Waals surface area contributed by atoms with Crippen LogP contribution in [0.15, 0.2) is 24.4 Å². The summed E-state index contributed by atoms with van der Waals surface area (Å²) in [7, 11) is 1.23. The molecule has 0 bridgehead atoms. The zero-order valence-corrected chi connectivity index (χ0v) is 7.61. The van der Waals surface area contributed by atoms with E-state index >= 15 is 0 Å². The van der Waals surface area contributed by atoms with E-state index in [1.807, 2.05) is 0 Å². The Morgan fingerprint density at radius 2 is 2.29 bits per heavy atom. The van der Waals surface area contributed by atoms with Crippen molar-refractivity contribution in [3.05, 3.63) is 30.1 Å². The first-order valence-electron chi connectivity index (χ1n) is 3.88. The van der Waals surface area contributed by atoms with E-state index < -0.39 is 11.9 Å². The molecule has 1 heterocycles. The second kappa shape index (κ2) is 4.27. The lowest BCUT2D eigenvalue weighted by molar-refractivity contribution is -0.135. The molecular weight excluding hydrogens is 184 g/mol. The number of ether oxygens (including phenoxy) is 1. The average molecular weight is 194 g/mol. The van der Waals surface area contributed by atoms with E-state index in [0.29, 0.717) is 5.69 Å². The maximum atomic E-state index is 11.0. The lowest BCUT2D eigenvalue weighted by atomic mass is 10.1. The summed E-state index contributed by atoms with van der Waals surface area (Å²) < 4.78 is 4.39. The Balaban J connectivity index is 3.03. The maximum Gasteiger partial charge on any atom is 0.331 e. The molecule has 0 aliphatic rings. The lowest BCUT2D eigenvalue weighted by Crippen LogP contribution is -2.14. The first-order valence-corrected chi connectivity index (χ1v) is 3.88. The zero-order valence-electron chi connectivity index (χ0n) is 7.61. The van der Waals surface area contributed by atoms with Crippen LogP contribution in [-0.4, -0.2) is 24.0 Å². The quantitative estimate of drug-likeness (QED) is 0.527. The van der Waals surface area contributed by atoms with Crippen LogP contribution in [0.1, 0.15) is 5.69 Å². The van der Waals surface area contributed by atoms with Crippen molar-refractivity contribution in [1.29, 1.82) is 0 Å². The molecule has 1 aromatic rings. The lowest BCUT2D eigenvalue weighted by Gasteiger charge is -1.99. The molecule has 0 unspecified atom stereocenters. The summed E-state index contributed by atoms with van der Waals surface area (Å²) in [6.07, 6.45) is 2.68. The number of aromatic nitrogens is 1. The maximum absolute atomic E-state index is 11.0. The number of nitrogens with one attached hydrogen (secondary N) is 1. The molecule has 0 aliphatic carbocycles. The number of primary amides is 1. The number of aromatic amines is 1. The van der Waals surface area contributed by atoms with Gasteiger partial charge in [0.2, 0.25) is 0 Å². The zero-order chi connectivity index (χ0) is 10.6. The third-order valence-electron chi connectivity index (χ3n) is 1.62. The van der Waals surface area contributed by atoms with Gasteiger partial charge in [0.25, 0.3) is 5.91 Å². The number of amides is 1. The summed E-state index contributed by atoms with van der Waals surface area (Å²) in [5.41, 5.74) is 5.68. The second-order valence-corrected chi connectivity index (χ2v) is 2.53. The van der Waals surface area contributed by atoms with Gasteiger partial charge in [-0.25, -0.2) is 4.79 Å². The number of methoxy groups -OCH3 is 1. The molecule has 14 heavy (non-hydrogen) atoms. The third-order valence-corrected chi connectivity index (χ3v) is 1.62. The number of H-pyrrole nitrogens is 1. The Morgan fingerprint density at radius 3 is 2.71 bits per heavy atom. The molecule has 5 nitrogen and oxygen atoms in total.